The van der Waals surface area contributed by atoms with Crippen LogP contribution in [0.3, 0.4) is 0 Å². The van der Waals surface area contributed by atoms with Gasteiger partial charge < -0.3 is 4.42 Å². The molecule has 2 heterocycles. The molecule has 0 atom stereocenters. The molecule has 0 amide bonds. The maximum Gasteiger partial charge on any atom is 0.164 e. The van der Waals surface area contributed by atoms with Crippen molar-refractivity contribution in [1.29, 1.82) is 10.8 Å². The van der Waals surface area contributed by atoms with E-state index in [2.05, 4.69) is 80.6 Å². The Kier molecular flexibility index (Phi) is 5.83. The molecule has 6 nitrogen and oxygen atoms in total. The van der Waals surface area contributed by atoms with E-state index in [-0.39, 0.29) is 16.8 Å². The standard InChI is InChI=1S/C44H29N5O/c1-44(2)33-11-5-3-8-29(33)30-20-17-27(23-34(30)44)42-47-41(26-16-19-28-25(22-26)15-14-24-18-21-35(45)40(46)38(24)28)48-43(49-42)32-10-7-13-37-39(32)31-9-4-6-12-36(31)50-37/h3-23,45-46H,1-2H3. The van der Waals surface area contributed by atoms with Crippen molar-refractivity contribution >= 4 is 50.2 Å². The third-order valence-electron chi connectivity index (χ3n) is 10.4. The van der Waals surface area contributed by atoms with Gasteiger partial charge in [0.15, 0.2) is 17.5 Å². The Morgan fingerprint density at radius 3 is 2.14 bits per heavy atom. The molecule has 6 aromatic carbocycles. The lowest BCUT2D eigenvalue weighted by molar-refractivity contribution is 0.660. The van der Waals surface area contributed by atoms with Crippen LogP contribution in [0.4, 0.5) is 0 Å². The molecule has 2 aliphatic carbocycles. The summed E-state index contributed by atoms with van der Waals surface area (Å²) < 4.78 is 6.25. The summed E-state index contributed by atoms with van der Waals surface area (Å²) in [5.41, 5.74) is 11.3. The fourth-order valence-corrected chi connectivity index (χ4v) is 7.85. The van der Waals surface area contributed by atoms with Gasteiger partial charge in [0.05, 0.1) is 11.4 Å². The van der Waals surface area contributed by atoms with Crippen LogP contribution in [-0.4, -0.2) is 26.4 Å². The van der Waals surface area contributed by atoms with Gasteiger partial charge in [-0.05, 0) is 68.9 Å². The molecule has 0 radical (unpaired) electrons. The van der Waals surface area contributed by atoms with Gasteiger partial charge in [-0.3, -0.25) is 10.8 Å². The topological polar surface area (TPSA) is 99.5 Å². The predicted molar refractivity (Wildman–Crippen MR) is 202 cm³/mol. The van der Waals surface area contributed by atoms with Crippen LogP contribution in [0.25, 0.3) is 84.1 Å². The predicted octanol–water partition coefficient (Wildman–Crippen LogP) is 10.6. The molecule has 0 aliphatic heterocycles. The van der Waals surface area contributed by atoms with Crippen LogP contribution in [-0.2, 0) is 5.41 Å². The summed E-state index contributed by atoms with van der Waals surface area (Å²) in [6.07, 6.45) is 3.59. The zero-order valence-corrected chi connectivity index (χ0v) is 27.4. The van der Waals surface area contributed by atoms with Gasteiger partial charge in [0, 0.05) is 38.4 Å². The average molecular weight is 644 g/mol. The third-order valence-corrected chi connectivity index (χ3v) is 10.4. The monoisotopic (exact) mass is 643 g/mol. The van der Waals surface area contributed by atoms with E-state index in [0.29, 0.717) is 17.5 Å². The van der Waals surface area contributed by atoms with Crippen molar-refractivity contribution in [3.05, 3.63) is 144 Å². The number of furan rings is 1. The molecule has 2 aromatic heterocycles. The smallest absolute Gasteiger partial charge is 0.164 e. The average Bonchev–Trinajstić information content (AvgIpc) is 3.64. The van der Waals surface area contributed by atoms with E-state index in [0.717, 1.165) is 60.5 Å². The highest BCUT2D eigenvalue weighted by molar-refractivity contribution is 6.53. The molecule has 0 fully saturated rings. The summed E-state index contributed by atoms with van der Waals surface area (Å²) in [4.78, 5) is 15.5. The molecule has 2 N–H and O–H groups in total. The van der Waals surface area contributed by atoms with Gasteiger partial charge in [0.1, 0.15) is 11.2 Å². The second kappa shape index (κ2) is 10.2. The number of hydrogen-bond donors (Lipinski definition) is 2. The van der Waals surface area contributed by atoms with E-state index in [1.54, 1.807) is 6.08 Å². The highest BCUT2D eigenvalue weighted by Crippen LogP contribution is 2.49. The number of nitrogens with one attached hydrogen (secondary N) is 2. The van der Waals surface area contributed by atoms with Gasteiger partial charge >= 0.3 is 0 Å². The Labute approximate surface area is 287 Å². The second-order valence-electron chi connectivity index (χ2n) is 13.6. The normalized spacial score (nSPS) is 14.4. The summed E-state index contributed by atoms with van der Waals surface area (Å²) in [5.74, 6) is 1.71. The van der Waals surface area contributed by atoms with Crippen LogP contribution in [0.5, 0.6) is 0 Å². The molecule has 10 rings (SSSR count). The van der Waals surface area contributed by atoms with Crippen LogP contribution in [0, 0.1) is 10.8 Å². The summed E-state index contributed by atoms with van der Waals surface area (Å²) in [7, 11) is 0. The molecule has 6 heteroatoms. The van der Waals surface area contributed by atoms with Crippen LogP contribution >= 0.6 is 0 Å². The van der Waals surface area contributed by atoms with Crippen molar-refractivity contribution in [2.45, 2.75) is 19.3 Å². The van der Waals surface area contributed by atoms with Crippen molar-refractivity contribution in [2.24, 2.45) is 0 Å². The summed E-state index contributed by atoms with van der Waals surface area (Å²) in [6.45, 7) is 4.56. The fraction of sp³-hybridized carbons (Fsp3) is 0.0682. The zero-order valence-electron chi connectivity index (χ0n) is 27.4. The molecular formula is C44H29N5O. The first-order valence-electron chi connectivity index (χ1n) is 16.7. The van der Waals surface area contributed by atoms with Gasteiger partial charge in [0.25, 0.3) is 0 Å². The number of benzene rings is 6. The first kappa shape index (κ1) is 28.5. The van der Waals surface area contributed by atoms with Crippen LogP contribution < -0.4 is 0 Å². The van der Waals surface area contributed by atoms with Crippen LogP contribution in [0.2, 0.25) is 0 Å². The van der Waals surface area contributed by atoms with Gasteiger partial charge in [-0.2, -0.15) is 0 Å². The Morgan fingerprint density at radius 1 is 0.560 bits per heavy atom. The van der Waals surface area contributed by atoms with Gasteiger partial charge in [-0.1, -0.05) is 111 Å². The Morgan fingerprint density at radius 2 is 1.26 bits per heavy atom. The first-order valence-corrected chi connectivity index (χ1v) is 16.7. The lowest BCUT2D eigenvalue weighted by Gasteiger charge is -2.21. The van der Waals surface area contributed by atoms with E-state index >= 15 is 0 Å². The Bertz CT molecular complexity index is 2840. The Balaban J connectivity index is 1.20. The largest absolute Gasteiger partial charge is 0.456 e. The number of aromatic nitrogens is 3. The minimum absolute atomic E-state index is 0.168. The molecule has 0 saturated heterocycles. The quantitative estimate of drug-likeness (QED) is 0.200. The van der Waals surface area contributed by atoms with Crippen LogP contribution in [0.1, 0.15) is 36.1 Å². The van der Waals surface area contributed by atoms with Crippen molar-refractivity contribution in [3.63, 3.8) is 0 Å². The van der Waals surface area contributed by atoms with E-state index < -0.39 is 0 Å². The minimum atomic E-state index is -0.168. The fourth-order valence-electron chi connectivity index (χ4n) is 7.85. The van der Waals surface area contributed by atoms with E-state index in [1.807, 2.05) is 54.6 Å². The minimum Gasteiger partial charge on any atom is -0.456 e. The number of para-hydroxylation sites is 1. The van der Waals surface area contributed by atoms with Crippen LogP contribution in [0.15, 0.2) is 126 Å². The van der Waals surface area contributed by atoms with E-state index in [1.165, 1.54) is 22.3 Å². The molecule has 0 bridgehead atoms. The first-order chi connectivity index (χ1) is 24.3. The summed E-state index contributed by atoms with van der Waals surface area (Å²) in [5, 5.41) is 20.7. The maximum atomic E-state index is 8.64. The molecule has 0 unspecified atom stereocenters. The molecule has 0 saturated carbocycles. The highest BCUT2D eigenvalue weighted by atomic mass is 16.3. The van der Waals surface area contributed by atoms with Crippen molar-refractivity contribution in [1.82, 2.24) is 15.0 Å². The third kappa shape index (κ3) is 4.05. The molecule has 8 aromatic rings. The highest BCUT2D eigenvalue weighted by Gasteiger charge is 2.35. The number of fused-ring (bicyclic) bond motifs is 9. The summed E-state index contributed by atoms with van der Waals surface area (Å²) >= 11 is 0. The second-order valence-corrected chi connectivity index (χ2v) is 13.6. The molecular weight excluding hydrogens is 615 g/mol. The van der Waals surface area contributed by atoms with Gasteiger partial charge in [0.2, 0.25) is 0 Å². The lowest BCUT2D eigenvalue weighted by atomic mass is 9.82. The SMILES string of the molecule is CC1(C)c2ccccc2-c2ccc(-c3nc(-c4ccc5c6c(ccc5c4)C=CC(=N)C6=N)nc(-c4cccc5oc6ccccc6c45)n3)cc21. The Hall–Kier alpha value is -6.53. The van der Waals surface area contributed by atoms with Gasteiger partial charge in [-0.15, -0.1) is 0 Å². The van der Waals surface area contributed by atoms with Gasteiger partial charge in [-0.25, -0.2) is 15.0 Å². The number of hydrogen-bond acceptors (Lipinski definition) is 6. The molecule has 50 heavy (non-hydrogen) atoms. The molecule has 2 aliphatic rings. The van der Waals surface area contributed by atoms with Crippen molar-refractivity contribution in [3.8, 4) is 45.3 Å². The number of allylic oxidation sites excluding steroid dienone is 1. The number of rotatable bonds is 3. The van der Waals surface area contributed by atoms with Crippen molar-refractivity contribution in [2.75, 3.05) is 0 Å². The molecule has 236 valence electrons. The zero-order chi connectivity index (χ0) is 33.7. The summed E-state index contributed by atoms with van der Waals surface area (Å²) in [6, 6.07) is 39.5. The van der Waals surface area contributed by atoms with Crippen molar-refractivity contribution < 1.29 is 4.42 Å². The number of nitrogens with zero attached hydrogens (tertiary/aromatic N) is 3. The molecule has 0 spiro atoms. The van der Waals surface area contributed by atoms with E-state index in [9.17, 15) is 0 Å². The van der Waals surface area contributed by atoms with E-state index in [4.69, 9.17) is 30.2 Å². The maximum absolute atomic E-state index is 8.64. The lowest BCUT2D eigenvalue weighted by Crippen LogP contribution is -2.16.